The van der Waals surface area contributed by atoms with E-state index in [0.29, 0.717) is 16.5 Å². The number of rotatable bonds is 4. The van der Waals surface area contributed by atoms with Gasteiger partial charge in [0, 0.05) is 53.4 Å². The summed E-state index contributed by atoms with van der Waals surface area (Å²) >= 11 is 6.26. The number of nitrogens with one attached hydrogen (secondary N) is 1. The largest absolute Gasteiger partial charge is 0.336 e. The van der Waals surface area contributed by atoms with Crippen molar-refractivity contribution in [3.05, 3.63) is 83.4 Å². The summed E-state index contributed by atoms with van der Waals surface area (Å²) in [4.78, 5) is 26.6. The lowest BCUT2D eigenvalue weighted by Gasteiger charge is -2.32. The number of carbonyl (C=O) groups is 1. The Morgan fingerprint density at radius 2 is 1.70 bits per heavy atom. The maximum Gasteiger partial charge on any atom is 0.254 e. The molecule has 5 rings (SSSR count). The van der Waals surface area contributed by atoms with Crippen LogP contribution in [-0.2, 0) is 0 Å². The third-order valence-electron chi connectivity index (χ3n) is 5.86. The van der Waals surface area contributed by atoms with Crippen LogP contribution in [0, 0.1) is 0 Å². The number of halogens is 1. The van der Waals surface area contributed by atoms with Gasteiger partial charge in [0.1, 0.15) is 0 Å². The molecule has 0 radical (unpaired) electrons. The van der Waals surface area contributed by atoms with Gasteiger partial charge in [0.15, 0.2) is 0 Å². The van der Waals surface area contributed by atoms with Crippen LogP contribution in [-0.4, -0.2) is 58.9 Å². The molecule has 166 valence electrons. The lowest BCUT2D eigenvalue weighted by molar-refractivity contribution is 0.0664. The summed E-state index contributed by atoms with van der Waals surface area (Å²) in [5.74, 6) is 0.513. The van der Waals surface area contributed by atoms with E-state index in [1.54, 1.807) is 0 Å². The van der Waals surface area contributed by atoms with E-state index in [-0.39, 0.29) is 5.91 Å². The number of piperazine rings is 1. The number of fused-ring (bicyclic) bond motifs is 1. The molecule has 0 spiro atoms. The van der Waals surface area contributed by atoms with Gasteiger partial charge in [-0.1, -0.05) is 48.0 Å². The number of amides is 1. The third-order valence-corrected chi connectivity index (χ3v) is 6.10. The van der Waals surface area contributed by atoms with Crippen LogP contribution in [0.3, 0.4) is 0 Å². The molecule has 1 N–H and O–H groups in total. The molecule has 0 saturated carbocycles. The first-order valence-corrected chi connectivity index (χ1v) is 11.3. The van der Waals surface area contributed by atoms with Crippen LogP contribution in [0.2, 0.25) is 5.02 Å². The molecule has 0 atom stereocenters. The highest BCUT2D eigenvalue weighted by molar-refractivity contribution is 6.31. The average Bonchev–Trinajstić information content (AvgIpc) is 2.84. The van der Waals surface area contributed by atoms with Crippen molar-refractivity contribution in [3.8, 4) is 11.3 Å². The van der Waals surface area contributed by atoms with Crippen molar-refractivity contribution in [2.24, 2.45) is 0 Å². The van der Waals surface area contributed by atoms with Crippen LogP contribution in [0.4, 0.5) is 11.6 Å². The fourth-order valence-corrected chi connectivity index (χ4v) is 4.20. The summed E-state index contributed by atoms with van der Waals surface area (Å²) in [5.41, 5.74) is 3.99. The van der Waals surface area contributed by atoms with Crippen molar-refractivity contribution in [3.63, 3.8) is 0 Å². The molecule has 0 aliphatic carbocycles. The summed E-state index contributed by atoms with van der Waals surface area (Å²) < 4.78 is 0. The molecule has 33 heavy (non-hydrogen) atoms. The molecule has 1 fully saturated rings. The van der Waals surface area contributed by atoms with Gasteiger partial charge in [-0.2, -0.15) is 0 Å². The first-order valence-electron chi connectivity index (χ1n) is 10.9. The molecule has 1 aliphatic heterocycles. The molecule has 3 aromatic carbocycles. The van der Waals surface area contributed by atoms with Crippen molar-refractivity contribution in [1.29, 1.82) is 0 Å². The molecule has 7 heteroatoms. The van der Waals surface area contributed by atoms with E-state index < -0.39 is 0 Å². The molecule has 1 aliphatic rings. The number of nitrogens with zero attached hydrogens (tertiary/aromatic N) is 4. The Bertz CT molecular complexity index is 1300. The lowest BCUT2D eigenvalue weighted by atomic mass is 10.1. The van der Waals surface area contributed by atoms with Gasteiger partial charge < -0.3 is 15.1 Å². The second-order valence-corrected chi connectivity index (χ2v) is 8.66. The van der Waals surface area contributed by atoms with E-state index in [4.69, 9.17) is 16.6 Å². The van der Waals surface area contributed by atoms with Gasteiger partial charge in [-0.3, -0.25) is 4.79 Å². The summed E-state index contributed by atoms with van der Waals surface area (Å²) in [6.07, 6.45) is 0. The average molecular weight is 458 g/mol. The van der Waals surface area contributed by atoms with E-state index in [1.807, 2.05) is 77.7 Å². The van der Waals surface area contributed by atoms with Crippen molar-refractivity contribution in [2.75, 3.05) is 38.5 Å². The van der Waals surface area contributed by atoms with Crippen LogP contribution in [0.1, 0.15) is 10.4 Å². The minimum atomic E-state index is 0.0470. The summed E-state index contributed by atoms with van der Waals surface area (Å²) in [6, 6.07) is 23.1. The fourth-order valence-electron chi connectivity index (χ4n) is 4.02. The highest BCUT2D eigenvalue weighted by atomic mass is 35.5. The van der Waals surface area contributed by atoms with E-state index >= 15 is 0 Å². The molecule has 1 amide bonds. The lowest BCUT2D eigenvalue weighted by Crippen LogP contribution is -2.47. The van der Waals surface area contributed by atoms with E-state index in [1.165, 1.54) is 0 Å². The third kappa shape index (κ3) is 4.67. The maximum absolute atomic E-state index is 13.0. The van der Waals surface area contributed by atoms with E-state index in [0.717, 1.165) is 54.0 Å². The zero-order chi connectivity index (χ0) is 22.8. The van der Waals surface area contributed by atoms with E-state index in [9.17, 15) is 4.79 Å². The number of likely N-dealkylation sites (N-methyl/N-ethyl adjacent to an activating group) is 1. The molecular formula is C26H24ClN5O. The predicted molar refractivity (Wildman–Crippen MR) is 133 cm³/mol. The zero-order valence-electron chi connectivity index (χ0n) is 18.3. The second-order valence-electron chi connectivity index (χ2n) is 8.22. The summed E-state index contributed by atoms with van der Waals surface area (Å²) in [7, 11) is 2.08. The topological polar surface area (TPSA) is 61.4 Å². The van der Waals surface area contributed by atoms with Crippen LogP contribution >= 0.6 is 11.6 Å². The van der Waals surface area contributed by atoms with Crippen LogP contribution in [0.25, 0.3) is 22.2 Å². The molecule has 4 aromatic rings. The summed E-state index contributed by atoms with van der Waals surface area (Å²) in [5, 5.41) is 4.82. The number of hydrogen-bond donors (Lipinski definition) is 1. The standard InChI is InChI=1S/C26H24ClN5O/c1-31-12-14-32(15-13-31)25(33)19-8-5-9-21(16-19)28-26-29-23-11-10-20(27)17-22(23)24(30-26)18-6-3-2-4-7-18/h2-11,16-17H,12-15H2,1H3,(H,28,29,30). The molecule has 0 bridgehead atoms. The quantitative estimate of drug-likeness (QED) is 0.463. The molecule has 0 unspecified atom stereocenters. The first-order chi connectivity index (χ1) is 16.1. The van der Waals surface area contributed by atoms with Crippen molar-refractivity contribution >= 4 is 40.0 Å². The Morgan fingerprint density at radius 3 is 2.48 bits per heavy atom. The number of anilines is 2. The van der Waals surface area contributed by atoms with Crippen LogP contribution in [0.15, 0.2) is 72.8 Å². The highest BCUT2D eigenvalue weighted by Gasteiger charge is 2.20. The summed E-state index contributed by atoms with van der Waals surface area (Å²) in [6.45, 7) is 3.26. The van der Waals surface area contributed by atoms with Gasteiger partial charge in [0.25, 0.3) is 5.91 Å². The Hall–Kier alpha value is -3.48. The van der Waals surface area contributed by atoms with Crippen molar-refractivity contribution < 1.29 is 4.79 Å². The molecule has 1 aromatic heterocycles. The zero-order valence-corrected chi connectivity index (χ0v) is 19.1. The second kappa shape index (κ2) is 9.17. The van der Waals surface area contributed by atoms with E-state index in [2.05, 4.69) is 22.2 Å². The number of benzene rings is 3. The predicted octanol–water partition coefficient (Wildman–Crippen LogP) is 5.08. The minimum Gasteiger partial charge on any atom is -0.336 e. The molecule has 6 nitrogen and oxygen atoms in total. The molecule has 1 saturated heterocycles. The molecule has 2 heterocycles. The smallest absolute Gasteiger partial charge is 0.254 e. The van der Waals surface area contributed by atoms with Crippen molar-refractivity contribution in [1.82, 2.24) is 19.8 Å². The first kappa shape index (κ1) is 21.4. The monoisotopic (exact) mass is 457 g/mol. The number of aromatic nitrogens is 2. The minimum absolute atomic E-state index is 0.0470. The van der Waals surface area contributed by atoms with Crippen LogP contribution in [0.5, 0.6) is 0 Å². The van der Waals surface area contributed by atoms with Gasteiger partial charge in [0.05, 0.1) is 11.2 Å². The fraction of sp³-hybridized carbons (Fsp3) is 0.192. The van der Waals surface area contributed by atoms with Gasteiger partial charge >= 0.3 is 0 Å². The highest BCUT2D eigenvalue weighted by Crippen LogP contribution is 2.30. The SMILES string of the molecule is CN1CCN(C(=O)c2cccc(Nc3nc(-c4ccccc4)c4cc(Cl)ccc4n3)c2)CC1. The van der Waals surface area contributed by atoms with Gasteiger partial charge in [-0.05, 0) is 43.4 Å². The van der Waals surface area contributed by atoms with Crippen molar-refractivity contribution in [2.45, 2.75) is 0 Å². The van der Waals surface area contributed by atoms with Gasteiger partial charge in [-0.25, -0.2) is 9.97 Å². The van der Waals surface area contributed by atoms with Gasteiger partial charge in [0.2, 0.25) is 5.95 Å². The Labute approximate surface area is 197 Å². The number of carbonyl (C=O) groups excluding carboxylic acids is 1. The molecular weight excluding hydrogens is 434 g/mol. The van der Waals surface area contributed by atoms with Gasteiger partial charge in [-0.15, -0.1) is 0 Å². The normalized spacial score (nSPS) is 14.4. The number of hydrogen-bond acceptors (Lipinski definition) is 5. The van der Waals surface area contributed by atoms with Crippen LogP contribution < -0.4 is 5.32 Å². The Morgan fingerprint density at radius 1 is 0.909 bits per heavy atom. The Balaban J connectivity index is 1.47. The maximum atomic E-state index is 13.0. The Kier molecular flexibility index (Phi) is 5.94.